The number of carbonyl (C=O) groups excluding carboxylic acids is 2. The van der Waals surface area contributed by atoms with Gasteiger partial charge in [-0.2, -0.15) is 0 Å². The second-order valence-electron chi connectivity index (χ2n) is 7.31. The van der Waals surface area contributed by atoms with Gasteiger partial charge in [-0.3, -0.25) is 0 Å². The lowest BCUT2D eigenvalue weighted by atomic mass is 9.98. The Labute approximate surface area is 170 Å². The minimum absolute atomic E-state index is 0.00329. The van der Waals surface area contributed by atoms with Crippen molar-refractivity contribution in [2.45, 2.75) is 18.4 Å². The molecule has 1 atom stereocenters. The lowest BCUT2D eigenvalue weighted by Crippen LogP contribution is -2.40. The van der Waals surface area contributed by atoms with Gasteiger partial charge in [0.2, 0.25) is 0 Å². The third-order valence-corrected chi connectivity index (χ3v) is 5.57. The summed E-state index contributed by atoms with van der Waals surface area (Å²) in [7, 11) is 1.61. The quantitative estimate of drug-likeness (QED) is 0.579. The predicted octanol–water partition coefficient (Wildman–Crippen LogP) is 4.68. The smallest absolute Gasteiger partial charge is 0.410 e. The summed E-state index contributed by atoms with van der Waals surface area (Å²) in [5, 5.41) is 0. The molecule has 0 heterocycles. The minimum Gasteiger partial charge on any atom is -0.448 e. The average molecular weight is 385 g/mol. The van der Waals surface area contributed by atoms with Gasteiger partial charge in [-0.05, 0) is 34.2 Å². The van der Waals surface area contributed by atoms with Crippen molar-refractivity contribution in [3.63, 3.8) is 0 Å². The molecule has 1 aliphatic carbocycles. The molecule has 3 aromatic carbocycles. The largest absolute Gasteiger partial charge is 0.448 e. The lowest BCUT2D eigenvalue weighted by Gasteiger charge is -2.24. The van der Waals surface area contributed by atoms with Crippen LogP contribution in [0.2, 0.25) is 0 Å². The van der Waals surface area contributed by atoms with Crippen molar-refractivity contribution < 1.29 is 14.3 Å². The van der Waals surface area contributed by atoms with E-state index >= 15 is 0 Å². The third-order valence-electron chi connectivity index (χ3n) is 5.57. The number of ether oxygens (including phenoxy) is 1. The van der Waals surface area contributed by atoms with E-state index in [1.807, 2.05) is 54.6 Å². The third kappa shape index (κ3) is 3.79. The van der Waals surface area contributed by atoms with Crippen molar-refractivity contribution in [3.05, 3.63) is 95.6 Å². The van der Waals surface area contributed by atoms with E-state index in [0.717, 1.165) is 11.8 Å². The van der Waals surface area contributed by atoms with Gasteiger partial charge in [-0.25, -0.2) is 4.79 Å². The molecule has 0 N–H and O–H groups in total. The van der Waals surface area contributed by atoms with Crippen molar-refractivity contribution in [2.24, 2.45) is 0 Å². The van der Waals surface area contributed by atoms with Gasteiger partial charge in [0, 0.05) is 13.0 Å². The maximum Gasteiger partial charge on any atom is 0.410 e. The fourth-order valence-corrected chi connectivity index (χ4v) is 3.96. The normalized spacial score (nSPS) is 13.3. The Hall–Kier alpha value is -3.40. The number of rotatable bonds is 6. The van der Waals surface area contributed by atoms with E-state index in [9.17, 15) is 9.59 Å². The summed E-state index contributed by atoms with van der Waals surface area (Å²) in [6, 6.07) is 25.5. The molecule has 0 saturated carbocycles. The fourth-order valence-electron chi connectivity index (χ4n) is 3.96. The highest BCUT2D eigenvalue weighted by Crippen LogP contribution is 2.44. The van der Waals surface area contributed by atoms with Crippen LogP contribution in [0.4, 0.5) is 4.79 Å². The Bertz CT molecular complexity index is 970. The molecule has 0 bridgehead atoms. The standard InChI is InChI=1S/C25H23NO3/c1-26(19(16-27)15-18-9-3-2-4-10-18)25(28)29-17-24-22-13-7-5-11-20(22)21-12-6-8-14-23(21)24/h2-14,16,19,24H,15,17H2,1H3/t19-/m0/s1. The Kier molecular flexibility index (Phi) is 5.43. The molecule has 0 radical (unpaired) electrons. The molecule has 0 spiro atoms. The van der Waals surface area contributed by atoms with E-state index < -0.39 is 12.1 Å². The molecule has 29 heavy (non-hydrogen) atoms. The second-order valence-corrected chi connectivity index (χ2v) is 7.31. The summed E-state index contributed by atoms with van der Waals surface area (Å²) in [5.74, 6) is 0.00329. The van der Waals surface area contributed by atoms with Crippen LogP contribution in [0.15, 0.2) is 78.9 Å². The van der Waals surface area contributed by atoms with E-state index in [2.05, 4.69) is 24.3 Å². The van der Waals surface area contributed by atoms with Gasteiger partial charge in [0.05, 0.1) is 6.04 Å². The van der Waals surface area contributed by atoms with E-state index in [-0.39, 0.29) is 12.5 Å². The van der Waals surface area contributed by atoms with Gasteiger partial charge in [-0.1, -0.05) is 78.9 Å². The van der Waals surface area contributed by atoms with Gasteiger partial charge >= 0.3 is 6.09 Å². The van der Waals surface area contributed by atoms with E-state index in [0.29, 0.717) is 6.42 Å². The molecule has 4 rings (SSSR count). The number of nitrogens with zero attached hydrogens (tertiary/aromatic N) is 1. The zero-order valence-corrected chi connectivity index (χ0v) is 16.3. The predicted molar refractivity (Wildman–Crippen MR) is 113 cm³/mol. The molecule has 1 aliphatic rings. The van der Waals surface area contributed by atoms with Gasteiger partial charge in [0.25, 0.3) is 0 Å². The summed E-state index contributed by atoms with van der Waals surface area (Å²) in [4.78, 5) is 25.6. The molecule has 4 nitrogen and oxygen atoms in total. The molecule has 3 aromatic rings. The van der Waals surface area contributed by atoms with Crippen molar-refractivity contribution in [2.75, 3.05) is 13.7 Å². The molecular weight excluding hydrogens is 362 g/mol. The SMILES string of the molecule is CN(C(=O)OCC1c2ccccc2-c2ccccc21)[C@H](C=O)Cc1ccccc1. The summed E-state index contributed by atoms with van der Waals surface area (Å²) in [6.07, 6.45) is 0.777. The highest BCUT2D eigenvalue weighted by atomic mass is 16.6. The minimum atomic E-state index is -0.562. The molecule has 0 unspecified atom stereocenters. The lowest BCUT2D eigenvalue weighted by molar-refractivity contribution is -0.111. The molecule has 0 aromatic heterocycles. The molecule has 0 saturated heterocycles. The summed E-state index contributed by atoms with van der Waals surface area (Å²) in [6.45, 7) is 0.244. The van der Waals surface area contributed by atoms with Gasteiger partial charge in [0.1, 0.15) is 12.9 Å². The van der Waals surface area contributed by atoms with E-state index in [1.165, 1.54) is 27.2 Å². The number of likely N-dealkylation sites (N-methyl/N-ethyl adjacent to an activating group) is 1. The number of aldehydes is 1. The topological polar surface area (TPSA) is 46.6 Å². The van der Waals surface area contributed by atoms with Crippen LogP contribution >= 0.6 is 0 Å². The van der Waals surface area contributed by atoms with Crippen LogP contribution in [-0.2, 0) is 16.0 Å². The molecule has 0 aliphatic heterocycles. The van der Waals surface area contributed by atoms with Crippen molar-refractivity contribution in [1.82, 2.24) is 4.90 Å². The molecule has 0 fully saturated rings. The summed E-state index contributed by atoms with van der Waals surface area (Å²) in [5.41, 5.74) is 5.71. The molecular formula is C25H23NO3. The highest BCUT2D eigenvalue weighted by Gasteiger charge is 2.30. The Morgan fingerprint density at radius 3 is 2.07 bits per heavy atom. The highest BCUT2D eigenvalue weighted by molar-refractivity contribution is 5.79. The van der Waals surface area contributed by atoms with Crippen LogP contribution in [0.5, 0.6) is 0 Å². The number of fused-ring (bicyclic) bond motifs is 3. The zero-order valence-electron chi connectivity index (χ0n) is 16.3. The Morgan fingerprint density at radius 1 is 0.931 bits per heavy atom. The van der Waals surface area contributed by atoms with Gasteiger partial charge < -0.3 is 14.4 Å². The first kappa shape index (κ1) is 18.9. The fraction of sp³-hybridized carbons (Fsp3) is 0.200. The van der Waals surface area contributed by atoms with Crippen LogP contribution in [-0.4, -0.2) is 37.0 Å². The number of hydrogen-bond donors (Lipinski definition) is 0. The summed E-state index contributed by atoms with van der Waals surface area (Å²) >= 11 is 0. The van der Waals surface area contributed by atoms with Crippen LogP contribution in [0.1, 0.15) is 22.6 Å². The average Bonchev–Trinajstić information content (AvgIpc) is 3.10. The number of amides is 1. The van der Waals surface area contributed by atoms with Crippen LogP contribution < -0.4 is 0 Å². The van der Waals surface area contributed by atoms with Crippen molar-refractivity contribution in [1.29, 1.82) is 0 Å². The zero-order chi connectivity index (χ0) is 20.2. The molecule has 4 heteroatoms. The maximum atomic E-state index is 12.7. The van der Waals surface area contributed by atoms with Crippen molar-refractivity contribution >= 4 is 12.4 Å². The number of hydrogen-bond acceptors (Lipinski definition) is 3. The first-order valence-electron chi connectivity index (χ1n) is 9.76. The summed E-state index contributed by atoms with van der Waals surface area (Å²) < 4.78 is 5.65. The maximum absolute atomic E-state index is 12.7. The number of carbonyl (C=O) groups is 2. The molecule has 1 amide bonds. The second kappa shape index (κ2) is 8.31. The van der Waals surface area contributed by atoms with Crippen molar-refractivity contribution in [3.8, 4) is 11.1 Å². The van der Waals surface area contributed by atoms with E-state index in [4.69, 9.17) is 4.74 Å². The monoisotopic (exact) mass is 385 g/mol. The van der Waals surface area contributed by atoms with Crippen LogP contribution in [0.25, 0.3) is 11.1 Å². The Morgan fingerprint density at radius 2 is 1.48 bits per heavy atom. The van der Waals surface area contributed by atoms with Crippen LogP contribution in [0, 0.1) is 0 Å². The first-order valence-corrected chi connectivity index (χ1v) is 9.76. The van der Waals surface area contributed by atoms with E-state index in [1.54, 1.807) is 7.05 Å². The number of benzene rings is 3. The first-order chi connectivity index (χ1) is 14.2. The molecule has 146 valence electrons. The Balaban J connectivity index is 1.46. The van der Waals surface area contributed by atoms with Crippen LogP contribution in [0.3, 0.4) is 0 Å². The van der Waals surface area contributed by atoms with Gasteiger partial charge in [0.15, 0.2) is 0 Å². The van der Waals surface area contributed by atoms with Gasteiger partial charge in [-0.15, -0.1) is 0 Å².